The summed E-state index contributed by atoms with van der Waals surface area (Å²) >= 11 is 0. The van der Waals surface area contributed by atoms with Gasteiger partial charge < -0.3 is 4.90 Å². The van der Waals surface area contributed by atoms with Gasteiger partial charge in [0.15, 0.2) is 0 Å². The molecule has 1 aliphatic heterocycles. The van der Waals surface area contributed by atoms with Crippen molar-refractivity contribution in [1.29, 1.82) is 0 Å². The van der Waals surface area contributed by atoms with Gasteiger partial charge in [0.05, 0.1) is 0 Å². The van der Waals surface area contributed by atoms with Crippen LogP contribution in [0.25, 0.3) is 0 Å². The maximum Gasteiger partial charge on any atom is 0.274 e. The number of nitrogens with zero attached hydrogens (tertiary/aromatic N) is 3. The summed E-state index contributed by atoms with van der Waals surface area (Å²) in [4.78, 5) is 18.9. The lowest BCUT2D eigenvalue weighted by atomic mass is 9.91. The third kappa shape index (κ3) is 3.83. The summed E-state index contributed by atoms with van der Waals surface area (Å²) in [7, 11) is 0. The van der Waals surface area contributed by atoms with Crippen molar-refractivity contribution in [3.63, 3.8) is 0 Å². The molecule has 1 amide bonds. The Morgan fingerprint density at radius 2 is 2.25 bits per heavy atom. The van der Waals surface area contributed by atoms with E-state index in [0.717, 1.165) is 38.0 Å². The van der Waals surface area contributed by atoms with E-state index in [1.807, 2.05) is 23.2 Å². The van der Waals surface area contributed by atoms with Crippen LogP contribution < -0.4 is 0 Å². The molecule has 24 heavy (non-hydrogen) atoms. The molecule has 0 saturated carbocycles. The van der Waals surface area contributed by atoms with Crippen molar-refractivity contribution in [2.75, 3.05) is 13.1 Å². The minimum atomic E-state index is -0.0315. The molecule has 1 saturated heterocycles. The van der Waals surface area contributed by atoms with Crippen LogP contribution in [0.4, 0.5) is 0 Å². The Bertz CT molecular complexity index is 687. The third-order valence-electron chi connectivity index (χ3n) is 4.66. The first-order valence-electron chi connectivity index (χ1n) is 8.67. The first-order chi connectivity index (χ1) is 11.4. The molecule has 5 nitrogen and oxygen atoms in total. The van der Waals surface area contributed by atoms with Gasteiger partial charge in [-0.05, 0) is 42.9 Å². The number of pyridine rings is 1. The number of likely N-dealkylation sites (tertiary alicyclic amines) is 1. The fourth-order valence-electron chi connectivity index (χ4n) is 3.25. The number of hydrogen-bond donors (Lipinski definition) is 1. The number of hydrogen-bond acceptors (Lipinski definition) is 3. The fraction of sp³-hybridized carbons (Fsp3) is 0.526. The topological polar surface area (TPSA) is 61.9 Å². The highest BCUT2D eigenvalue weighted by molar-refractivity contribution is 5.92. The summed E-state index contributed by atoms with van der Waals surface area (Å²) in [5.74, 6) is 0.533. The minimum absolute atomic E-state index is 0.0315. The lowest BCUT2D eigenvalue weighted by Gasteiger charge is -2.32. The fourth-order valence-corrected chi connectivity index (χ4v) is 3.25. The van der Waals surface area contributed by atoms with Crippen molar-refractivity contribution < 1.29 is 4.79 Å². The number of aromatic amines is 1. The van der Waals surface area contributed by atoms with Crippen molar-refractivity contribution >= 4 is 5.91 Å². The molecule has 2 aromatic heterocycles. The third-order valence-corrected chi connectivity index (χ3v) is 4.66. The Labute approximate surface area is 143 Å². The molecule has 3 heterocycles. The predicted octanol–water partition coefficient (Wildman–Crippen LogP) is 3.20. The number of H-pyrrole nitrogens is 1. The zero-order chi connectivity index (χ0) is 17.2. The van der Waals surface area contributed by atoms with Crippen molar-refractivity contribution in [2.24, 2.45) is 5.92 Å². The van der Waals surface area contributed by atoms with Crippen molar-refractivity contribution in [1.82, 2.24) is 20.1 Å². The van der Waals surface area contributed by atoms with Gasteiger partial charge in [0.25, 0.3) is 5.91 Å². The molecule has 128 valence electrons. The van der Waals surface area contributed by atoms with E-state index in [9.17, 15) is 4.79 Å². The van der Waals surface area contributed by atoms with Gasteiger partial charge in [-0.1, -0.05) is 26.8 Å². The molecule has 0 radical (unpaired) electrons. The summed E-state index contributed by atoms with van der Waals surface area (Å²) in [5, 5.41) is 7.25. The number of nitrogens with one attached hydrogen (secondary N) is 1. The van der Waals surface area contributed by atoms with Gasteiger partial charge in [-0.15, -0.1) is 0 Å². The molecular weight excluding hydrogens is 300 g/mol. The van der Waals surface area contributed by atoms with Crippen LogP contribution in [-0.4, -0.2) is 39.1 Å². The highest BCUT2D eigenvalue weighted by Crippen LogP contribution is 2.24. The van der Waals surface area contributed by atoms with Crippen LogP contribution in [0.5, 0.6) is 0 Å². The van der Waals surface area contributed by atoms with E-state index in [0.29, 0.717) is 11.6 Å². The maximum atomic E-state index is 12.8. The van der Waals surface area contributed by atoms with Crippen LogP contribution in [0.3, 0.4) is 0 Å². The first-order valence-corrected chi connectivity index (χ1v) is 8.67. The van der Waals surface area contributed by atoms with Crippen LogP contribution in [0, 0.1) is 5.92 Å². The summed E-state index contributed by atoms with van der Waals surface area (Å²) in [6.07, 6.45) is 6.90. The first kappa shape index (κ1) is 16.7. The molecule has 0 unspecified atom stereocenters. The van der Waals surface area contributed by atoms with E-state index < -0.39 is 0 Å². The second-order valence-electron chi connectivity index (χ2n) is 7.74. The van der Waals surface area contributed by atoms with Gasteiger partial charge in [0.2, 0.25) is 0 Å². The highest BCUT2D eigenvalue weighted by Gasteiger charge is 2.27. The monoisotopic (exact) mass is 326 g/mol. The zero-order valence-corrected chi connectivity index (χ0v) is 14.7. The second kappa shape index (κ2) is 6.75. The Morgan fingerprint density at radius 3 is 2.92 bits per heavy atom. The van der Waals surface area contributed by atoms with Crippen molar-refractivity contribution in [3.8, 4) is 0 Å². The average molecular weight is 326 g/mol. The molecule has 1 N–H and O–H groups in total. The van der Waals surface area contributed by atoms with Crippen LogP contribution in [0.1, 0.15) is 55.4 Å². The highest BCUT2D eigenvalue weighted by atomic mass is 16.2. The molecule has 2 aromatic rings. The van der Waals surface area contributed by atoms with E-state index in [2.05, 4.69) is 42.0 Å². The quantitative estimate of drug-likeness (QED) is 0.942. The Morgan fingerprint density at radius 1 is 1.42 bits per heavy atom. The molecule has 0 bridgehead atoms. The van der Waals surface area contributed by atoms with Gasteiger partial charge in [0, 0.05) is 36.6 Å². The smallest absolute Gasteiger partial charge is 0.274 e. The second-order valence-corrected chi connectivity index (χ2v) is 7.74. The van der Waals surface area contributed by atoms with Crippen LogP contribution in [0.15, 0.2) is 30.6 Å². The molecule has 1 atom stereocenters. The Balaban J connectivity index is 1.66. The van der Waals surface area contributed by atoms with Crippen molar-refractivity contribution in [2.45, 2.75) is 45.4 Å². The lowest BCUT2D eigenvalue weighted by Crippen LogP contribution is -2.40. The van der Waals surface area contributed by atoms with Crippen LogP contribution >= 0.6 is 0 Å². The summed E-state index contributed by atoms with van der Waals surface area (Å²) < 4.78 is 0. The zero-order valence-electron chi connectivity index (χ0n) is 14.7. The number of piperidine rings is 1. The number of aromatic nitrogens is 3. The van der Waals surface area contributed by atoms with E-state index in [1.54, 1.807) is 6.20 Å². The van der Waals surface area contributed by atoms with Crippen molar-refractivity contribution in [3.05, 3.63) is 47.5 Å². The summed E-state index contributed by atoms with van der Waals surface area (Å²) in [5.41, 5.74) is 2.74. The molecule has 0 aliphatic carbocycles. The number of amides is 1. The van der Waals surface area contributed by atoms with Crippen LogP contribution in [0.2, 0.25) is 0 Å². The summed E-state index contributed by atoms with van der Waals surface area (Å²) in [6, 6.07) is 5.98. The number of carbonyl (C=O) groups is 1. The molecular formula is C19H26N4O. The molecule has 1 fully saturated rings. The molecule has 5 heteroatoms. The Kier molecular flexibility index (Phi) is 4.69. The minimum Gasteiger partial charge on any atom is -0.337 e. The van der Waals surface area contributed by atoms with E-state index in [1.165, 1.54) is 5.56 Å². The lowest BCUT2D eigenvalue weighted by molar-refractivity contribution is 0.0667. The number of rotatable bonds is 3. The maximum absolute atomic E-state index is 12.8. The van der Waals surface area contributed by atoms with E-state index in [4.69, 9.17) is 0 Å². The predicted molar refractivity (Wildman–Crippen MR) is 93.9 cm³/mol. The van der Waals surface area contributed by atoms with Gasteiger partial charge in [-0.25, -0.2) is 0 Å². The molecule has 1 aliphatic rings. The van der Waals surface area contributed by atoms with Gasteiger partial charge >= 0.3 is 0 Å². The number of carbonyl (C=O) groups excluding carboxylic acids is 1. The Hall–Kier alpha value is -2.17. The standard InChI is InChI=1S/C19H26N4O/c1-19(2,3)17-11-16(21-22-17)18(24)23-9-5-7-15(13-23)10-14-6-4-8-20-12-14/h4,6,8,11-12,15H,5,7,9-10,13H2,1-3H3,(H,21,22)/t15-/m0/s1. The van der Waals surface area contributed by atoms with E-state index >= 15 is 0 Å². The SMILES string of the molecule is CC(C)(C)c1cc(C(=O)N2CCC[C@@H](Cc3cccnc3)C2)n[nH]1. The normalized spacial score (nSPS) is 18.6. The van der Waals surface area contributed by atoms with Gasteiger partial charge in [0.1, 0.15) is 5.69 Å². The summed E-state index contributed by atoms with van der Waals surface area (Å²) in [6.45, 7) is 7.95. The molecule has 0 aromatic carbocycles. The molecule has 0 spiro atoms. The molecule has 3 rings (SSSR count). The van der Waals surface area contributed by atoms with Gasteiger partial charge in [-0.3, -0.25) is 14.9 Å². The van der Waals surface area contributed by atoms with E-state index in [-0.39, 0.29) is 11.3 Å². The average Bonchev–Trinajstić information content (AvgIpc) is 3.06. The van der Waals surface area contributed by atoms with Gasteiger partial charge in [-0.2, -0.15) is 5.10 Å². The largest absolute Gasteiger partial charge is 0.337 e. The van der Waals surface area contributed by atoms with Crippen LogP contribution in [-0.2, 0) is 11.8 Å².